The fourth-order valence-corrected chi connectivity index (χ4v) is 3.53. The van der Waals surface area contributed by atoms with E-state index in [1.807, 2.05) is 11.8 Å². The van der Waals surface area contributed by atoms with Crippen LogP contribution in [0.3, 0.4) is 0 Å². The van der Waals surface area contributed by atoms with Gasteiger partial charge in [0, 0.05) is 0 Å². The normalized spacial score (nSPS) is 22.2. The van der Waals surface area contributed by atoms with Crippen LogP contribution < -0.4 is 0 Å². The van der Waals surface area contributed by atoms with Crippen LogP contribution in [-0.4, -0.2) is 16.6 Å². The molecule has 1 aromatic carbocycles. The Morgan fingerprint density at radius 2 is 2.12 bits per heavy atom. The van der Waals surface area contributed by atoms with E-state index in [0.29, 0.717) is 5.92 Å². The van der Waals surface area contributed by atoms with Crippen LogP contribution >= 0.6 is 11.8 Å². The van der Waals surface area contributed by atoms with Gasteiger partial charge in [-0.25, -0.2) is 0 Å². The van der Waals surface area contributed by atoms with Crippen molar-refractivity contribution in [1.82, 2.24) is 0 Å². The van der Waals surface area contributed by atoms with Crippen molar-refractivity contribution in [2.75, 3.05) is 11.5 Å². The third-order valence-corrected chi connectivity index (χ3v) is 4.46. The van der Waals surface area contributed by atoms with Crippen LogP contribution in [0.5, 0.6) is 0 Å². The largest absolute Gasteiger partial charge is 0.388 e. The van der Waals surface area contributed by atoms with Crippen LogP contribution in [0, 0.1) is 5.92 Å². The molecule has 1 N–H and O–H groups in total. The van der Waals surface area contributed by atoms with E-state index in [2.05, 4.69) is 31.2 Å². The summed E-state index contributed by atoms with van der Waals surface area (Å²) in [5, 5.41) is 10.2. The highest BCUT2D eigenvalue weighted by atomic mass is 32.2. The number of aryl methyl sites for hydroxylation is 1. The van der Waals surface area contributed by atoms with Crippen molar-refractivity contribution in [3.05, 3.63) is 35.4 Å². The summed E-state index contributed by atoms with van der Waals surface area (Å²) in [5.74, 6) is 2.77. The molecule has 0 amide bonds. The molecule has 0 radical (unpaired) electrons. The predicted molar refractivity (Wildman–Crippen MR) is 70.8 cm³/mol. The van der Waals surface area contributed by atoms with Crippen molar-refractivity contribution >= 4 is 11.8 Å². The van der Waals surface area contributed by atoms with E-state index in [9.17, 15) is 5.11 Å². The summed E-state index contributed by atoms with van der Waals surface area (Å²) in [5.41, 5.74) is 2.46. The summed E-state index contributed by atoms with van der Waals surface area (Å²) in [7, 11) is 0. The summed E-state index contributed by atoms with van der Waals surface area (Å²) >= 11 is 1.96. The molecule has 0 aliphatic carbocycles. The maximum atomic E-state index is 10.2. The number of hydrogen-bond acceptors (Lipinski definition) is 2. The van der Waals surface area contributed by atoms with E-state index >= 15 is 0 Å². The molecule has 2 rings (SSSR count). The number of rotatable bonds is 4. The zero-order chi connectivity index (χ0) is 11.4. The Morgan fingerprint density at radius 3 is 2.69 bits per heavy atom. The molecule has 2 unspecified atom stereocenters. The smallest absolute Gasteiger partial charge is 0.0826 e. The molecule has 88 valence electrons. The Balaban J connectivity index is 2.02. The van der Waals surface area contributed by atoms with Gasteiger partial charge < -0.3 is 5.11 Å². The van der Waals surface area contributed by atoms with Gasteiger partial charge in [0.2, 0.25) is 0 Å². The molecule has 1 fully saturated rings. The van der Waals surface area contributed by atoms with E-state index in [4.69, 9.17) is 0 Å². The summed E-state index contributed by atoms with van der Waals surface area (Å²) in [6.07, 6.45) is 3.21. The molecular weight excluding hydrogens is 216 g/mol. The van der Waals surface area contributed by atoms with Gasteiger partial charge in [-0.3, -0.25) is 0 Å². The summed E-state index contributed by atoms with van der Waals surface area (Å²) < 4.78 is 0. The molecule has 16 heavy (non-hydrogen) atoms. The maximum absolute atomic E-state index is 10.2. The molecule has 0 bridgehead atoms. The van der Waals surface area contributed by atoms with Gasteiger partial charge in [-0.15, -0.1) is 0 Å². The Labute approximate surface area is 102 Å². The lowest BCUT2D eigenvalue weighted by Crippen LogP contribution is -2.11. The highest BCUT2D eigenvalue weighted by Gasteiger charge is 2.24. The minimum absolute atomic E-state index is 0.259. The first kappa shape index (κ1) is 12.0. The second-order valence-electron chi connectivity index (χ2n) is 4.56. The van der Waals surface area contributed by atoms with Gasteiger partial charge >= 0.3 is 0 Å². The van der Waals surface area contributed by atoms with Crippen molar-refractivity contribution in [2.24, 2.45) is 5.92 Å². The van der Waals surface area contributed by atoms with Crippen LogP contribution in [-0.2, 0) is 6.42 Å². The second kappa shape index (κ2) is 5.74. The Hall–Kier alpha value is -0.470. The molecule has 1 aliphatic rings. The van der Waals surface area contributed by atoms with Crippen molar-refractivity contribution in [2.45, 2.75) is 32.3 Å². The fourth-order valence-electron chi connectivity index (χ4n) is 2.24. The second-order valence-corrected chi connectivity index (χ2v) is 5.71. The lowest BCUT2D eigenvalue weighted by atomic mass is 9.94. The van der Waals surface area contributed by atoms with E-state index < -0.39 is 0 Å². The fraction of sp³-hybridized carbons (Fsp3) is 0.571. The Kier molecular flexibility index (Phi) is 4.30. The standard InChI is InChI=1S/C14H20OS/c1-2-3-11-4-6-12(7-5-11)14(15)13-8-9-16-10-13/h4-7,13-15H,2-3,8-10H2,1H3. The Morgan fingerprint density at radius 1 is 1.38 bits per heavy atom. The number of benzene rings is 1. The third kappa shape index (κ3) is 2.80. The van der Waals surface area contributed by atoms with Gasteiger partial charge in [-0.2, -0.15) is 11.8 Å². The van der Waals surface area contributed by atoms with Crippen molar-refractivity contribution in [3.63, 3.8) is 0 Å². The highest BCUT2D eigenvalue weighted by molar-refractivity contribution is 7.99. The molecule has 0 saturated carbocycles. The molecule has 1 aliphatic heterocycles. The minimum Gasteiger partial charge on any atom is -0.388 e. The molecule has 0 spiro atoms. The zero-order valence-electron chi connectivity index (χ0n) is 9.86. The van der Waals surface area contributed by atoms with Crippen LogP contribution in [0.2, 0.25) is 0 Å². The van der Waals surface area contributed by atoms with Crippen LogP contribution in [0.1, 0.15) is 37.0 Å². The van der Waals surface area contributed by atoms with Gasteiger partial charge in [0.05, 0.1) is 6.10 Å². The summed E-state index contributed by atoms with van der Waals surface area (Å²) in [4.78, 5) is 0. The van der Waals surface area contributed by atoms with Crippen LogP contribution in [0.25, 0.3) is 0 Å². The van der Waals surface area contributed by atoms with E-state index in [1.54, 1.807) is 0 Å². The number of hydrogen-bond donors (Lipinski definition) is 1. The van der Waals surface area contributed by atoms with E-state index in [0.717, 1.165) is 24.2 Å². The van der Waals surface area contributed by atoms with Gasteiger partial charge in [0.1, 0.15) is 0 Å². The molecule has 1 saturated heterocycles. The topological polar surface area (TPSA) is 20.2 Å². The van der Waals surface area contributed by atoms with Crippen LogP contribution in [0.15, 0.2) is 24.3 Å². The highest BCUT2D eigenvalue weighted by Crippen LogP contribution is 2.34. The lowest BCUT2D eigenvalue weighted by molar-refractivity contribution is 0.121. The minimum atomic E-state index is -0.259. The van der Waals surface area contributed by atoms with Crippen molar-refractivity contribution in [1.29, 1.82) is 0 Å². The molecule has 1 heterocycles. The van der Waals surface area contributed by atoms with Crippen molar-refractivity contribution < 1.29 is 5.11 Å². The van der Waals surface area contributed by atoms with E-state index in [-0.39, 0.29) is 6.10 Å². The first-order chi connectivity index (χ1) is 7.81. The average Bonchev–Trinajstić information content (AvgIpc) is 2.83. The monoisotopic (exact) mass is 236 g/mol. The van der Waals surface area contributed by atoms with Gasteiger partial charge in [-0.1, -0.05) is 37.6 Å². The first-order valence-electron chi connectivity index (χ1n) is 6.16. The Bertz CT molecular complexity index is 314. The van der Waals surface area contributed by atoms with Gasteiger partial charge in [-0.05, 0) is 41.4 Å². The lowest BCUT2D eigenvalue weighted by Gasteiger charge is -2.17. The number of thioether (sulfide) groups is 1. The molecule has 1 nitrogen and oxygen atoms in total. The SMILES string of the molecule is CCCc1ccc(C(O)C2CCSC2)cc1. The molecule has 0 aromatic heterocycles. The maximum Gasteiger partial charge on any atom is 0.0826 e. The van der Waals surface area contributed by atoms with E-state index in [1.165, 1.54) is 17.7 Å². The average molecular weight is 236 g/mol. The number of aliphatic hydroxyl groups is 1. The first-order valence-corrected chi connectivity index (χ1v) is 7.31. The third-order valence-electron chi connectivity index (χ3n) is 3.27. The summed E-state index contributed by atoms with van der Waals surface area (Å²) in [6, 6.07) is 8.51. The zero-order valence-corrected chi connectivity index (χ0v) is 10.7. The molecule has 2 atom stereocenters. The van der Waals surface area contributed by atoms with Gasteiger partial charge in [0.15, 0.2) is 0 Å². The predicted octanol–water partition coefficient (Wildman–Crippen LogP) is 3.43. The number of aliphatic hydroxyl groups excluding tert-OH is 1. The molecule has 1 aromatic rings. The summed E-state index contributed by atoms with van der Waals surface area (Å²) in [6.45, 7) is 2.19. The molecule has 2 heteroatoms. The van der Waals surface area contributed by atoms with Crippen molar-refractivity contribution in [3.8, 4) is 0 Å². The quantitative estimate of drug-likeness (QED) is 0.864. The molecular formula is C14H20OS. The van der Waals surface area contributed by atoms with Gasteiger partial charge in [0.25, 0.3) is 0 Å². The van der Waals surface area contributed by atoms with Crippen LogP contribution in [0.4, 0.5) is 0 Å².